The molecule has 0 saturated heterocycles. The summed E-state index contributed by atoms with van der Waals surface area (Å²) in [4.78, 5) is 0. The number of hydrogen-bond acceptors (Lipinski definition) is 1. The Morgan fingerprint density at radius 2 is 2.08 bits per heavy atom. The van der Waals surface area contributed by atoms with Gasteiger partial charge in [0.15, 0.2) is 0 Å². The number of hydrogen-bond donors (Lipinski definition) is 1. The van der Waals surface area contributed by atoms with Crippen LogP contribution in [-0.4, -0.2) is 18.8 Å². The van der Waals surface area contributed by atoms with E-state index in [1.807, 2.05) is 6.92 Å². The summed E-state index contributed by atoms with van der Waals surface area (Å²) in [5, 5.41) is 2.75. The standard InChI is InChI=1S/C8H14F3N/c1-3-4-7(2)12-6-5-8(9,10)11/h3,7,12H,1,4-6H2,2H3. The highest BCUT2D eigenvalue weighted by atomic mass is 19.4. The number of nitrogens with one attached hydrogen (secondary N) is 1. The Kier molecular flexibility index (Phi) is 4.97. The minimum atomic E-state index is -4.05. The maximum atomic E-state index is 11.6. The Bertz CT molecular complexity index is 131. The first kappa shape index (κ1) is 11.5. The van der Waals surface area contributed by atoms with Gasteiger partial charge in [0.05, 0.1) is 6.42 Å². The van der Waals surface area contributed by atoms with Crippen LogP contribution < -0.4 is 5.32 Å². The van der Waals surface area contributed by atoms with Crippen LogP contribution in [0.3, 0.4) is 0 Å². The van der Waals surface area contributed by atoms with Crippen molar-refractivity contribution >= 4 is 0 Å². The SMILES string of the molecule is C=CCC(C)NCCC(F)(F)F. The van der Waals surface area contributed by atoms with Gasteiger partial charge in [-0.3, -0.25) is 0 Å². The van der Waals surface area contributed by atoms with Gasteiger partial charge >= 0.3 is 6.18 Å². The second-order valence-corrected chi connectivity index (χ2v) is 2.74. The van der Waals surface area contributed by atoms with Crippen LogP contribution in [0.25, 0.3) is 0 Å². The molecule has 0 aromatic carbocycles. The summed E-state index contributed by atoms with van der Waals surface area (Å²) >= 11 is 0. The van der Waals surface area contributed by atoms with Gasteiger partial charge in [-0.15, -0.1) is 6.58 Å². The first-order valence-electron chi connectivity index (χ1n) is 3.86. The third-order valence-electron chi connectivity index (χ3n) is 1.42. The number of rotatable bonds is 5. The van der Waals surface area contributed by atoms with Gasteiger partial charge in [0, 0.05) is 12.6 Å². The lowest BCUT2D eigenvalue weighted by Gasteiger charge is -2.12. The average Bonchev–Trinajstić information content (AvgIpc) is 1.84. The van der Waals surface area contributed by atoms with E-state index in [0.29, 0.717) is 6.42 Å². The summed E-state index contributed by atoms with van der Waals surface area (Å²) in [6.45, 7) is 5.31. The van der Waals surface area contributed by atoms with E-state index in [1.54, 1.807) is 6.08 Å². The minimum Gasteiger partial charge on any atom is -0.314 e. The van der Waals surface area contributed by atoms with Crippen LogP contribution in [0.2, 0.25) is 0 Å². The van der Waals surface area contributed by atoms with E-state index in [0.717, 1.165) is 0 Å². The van der Waals surface area contributed by atoms with Crippen LogP contribution in [0.1, 0.15) is 19.8 Å². The van der Waals surface area contributed by atoms with Crippen molar-refractivity contribution < 1.29 is 13.2 Å². The van der Waals surface area contributed by atoms with Gasteiger partial charge in [0.1, 0.15) is 0 Å². The molecule has 0 aliphatic heterocycles. The lowest BCUT2D eigenvalue weighted by Crippen LogP contribution is -2.29. The monoisotopic (exact) mass is 181 g/mol. The average molecular weight is 181 g/mol. The summed E-state index contributed by atoms with van der Waals surface area (Å²) in [6, 6.07) is 0.0739. The predicted octanol–water partition coefficient (Wildman–Crippen LogP) is 2.49. The molecule has 0 bridgehead atoms. The van der Waals surface area contributed by atoms with E-state index < -0.39 is 12.6 Å². The van der Waals surface area contributed by atoms with Crippen LogP contribution in [0.4, 0.5) is 13.2 Å². The molecule has 0 aromatic heterocycles. The van der Waals surface area contributed by atoms with E-state index in [9.17, 15) is 13.2 Å². The van der Waals surface area contributed by atoms with Gasteiger partial charge in [0.25, 0.3) is 0 Å². The van der Waals surface area contributed by atoms with E-state index in [2.05, 4.69) is 11.9 Å². The second-order valence-electron chi connectivity index (χ2n) is 2.74. The highest BCUT2D eigenvalue weighted by Crippen LogP contribution is 2.18. The summed E-state index contributed by atoms with van der Waals surface area (Å²) in [7, 11) is 0. The van der Waals surface area contributed by atoms with Crippen molar-refractivity contribution in [3.8, 4) is 0 Å². The molecule has 1 atom stereocenters. The maximum Gasteiger partial charge on any atom is 0.390 e. The van der Waals surface area contributed by atoms with Crippen LogP contribution in [0, 0.1) is 0 Å². The van der Waals surface area contributed by atoms with Crippen molar-refractivity contribution in [1.29, 1.82) is 0 Å². The van der Waals surface area contributed by atoms with Crippen molar-refractivity contribution in [3.05, 3.63) is 12.7 Å². The topological polar surface area (TPSA) is 12.0 Å². The Balaban J connectivity index is 3.36. The predicted molar refractivity (Wildman–Crippen MR) is 43.0 cm³/mol. The van der Waals surface area contributed by atoms with E-state index in [1.165, 1.54) is 0 Å². The molecule has 1 nitrogen and oxygen atoms in total. The molecule has 0 aliphatic carbocycles. The molecule has 4 heteroatoms. The molecule has 0 rings (SSSR count). The van der Waals surface area contributed by atoms with Gasteiger partial charge in [-0.05, 0) is 13.3 Å². The molecule has 0 aliphatic rings. The third-order valence-corrected chi connectivity index (χ3v) is 1.42. The molecule has 0 radical (unpaired) electrons. The van der Waals surface area contributed by atoms with E-state index in [4.69, 9.17) is 0 Å². The van der Waals surface area contributed by atoms with Crippen molar-refractivity contribution in [2.45, 2.75) is 32.0 Å². The Hall–Kier alpha value is -0.510. The Labute approximate surface area is 70.7 Å². The summed E-state index contributed by atoms with van der Waals surface area (Å²) in [5.41, 5.74) is 0. The molecule has 12 heavy (non-hydrogen) atoms. The first-order chi connectivity index (χ1) is 5.45. The normalized spacial score (nSPS) is 14.3. The number of alkyl halides is 3. The molecule has 72 valence electrons. The van der Waals surface area contributed by atoms with Crippen molar-refractivity contribution in [3.63, 3.8) is 0 Å². The molecule has 0 saturated carbocycles. The number of halogens is 3. The first-order valence-corrected chi connectivity index (χ1v) is 3.86. The Morgan fingerprint density at radius 3 is 2.50 bits per heavy atom. The molecule has 1 unspecified atom stereocenters. The fourth-order valence-corrected chi connectivity index (χ4v) is 0.794. The fraction of sp³-hybridized carbons (Fsp3) is 0.750. The molecule has 0 fully saturated rings. The fourth-order valence-electron chi connectivity index (χ4n) is 0.794. The largest absolute Gasteiger partial charge is 0.390 e. The lowest BCUT2D eigenvalue weighted by molar-refractivity contribution is -0.133. The highest BCUT2D eigenvalue weighted by Gasteiger charge is 2.26. The van der Waals surface area contributed by atoms with Gasteiger partial charge in [-0.1, -0.05) is 6.08 Å². The maximum absolute atomic E-state index is 11.6. The zero-order valence-corrected chi connectivity index (χ0v) is 7.12. The van der Waals surface area contributed by atoms with Crippen LogP contribution >= 0.6 is 0 Å². The zero-order chi connectivity index (χ0) is 9.61. The molecule has 1 N–H and O–H groups in total. The molecular weight excluding hydrogens is 167 g/mol. The van der Waals surface area contributed by atoms with Crippen LogP contribution in [0.5, 0.6) is 0 Å². The van der Waals surface area contributed by atoms with Crippen molar-refractivity contribution in [1.82, 2.24) is 5.32 Å². The third kappa shape index (κ3) is 7.60. The second kappa shape index (κ2) is 5.19. The van der Waals surface area contributed by atoms with E-state index in [-0.39, 0.29) is 12.6 Å². The van der Waals surface area contributed by atoms with Crippen molar-refractivity contribution in [2.75, 3.05) is 6.54 Å². The summed E-state index contributed by atoms with van der Waals surface area (Å²) in [5.74, 6) is 0. The molecule has 0 amide bonds. The summed E-state index contributed by atoms with van der Waals surface area (Å²) in [6.07, 6.45) is -2.45. The molecular formula is C8H14F3N. The van der Waals surface area contributed by atoms with Gasteiger partial charge < -0.3 is 5.32 Å². The van der Waals surface area contributed by atoms with Crippen LogP contribution in [0.15, 0.2) is 12.7 Å². The highest BCUT2D eigenvalue weighted by molar-refractivity contribution is 4.74. The molecule has 0 aromatic rings. The molecule has 0 heterocycles. The lowest BCUT2D eigenvalue weighted by atomic mass is 10.2. The Morgan fingerprint density at radius 1 is 1.50 bits per heavy atom. The van der Waals surface area contributed by atoms with Gasteiger partial charge in [-0.25, -0.2) is 0 Å². The van der Waals surface area contributed by atoms with Crippen molar-refractivity contribution in [2.24, 2.45) is 0 Å². The van der Waals surface area contributed by atoms with E-state index >= 15 is 0 Å². The van der Waals surface area contributed by atoms with Crippen LogP contribution in [-0.2, 0) is 0 Å². The van der Waals surface area contributed by atoms with Gasteiger partial charge in [0.2, 0.25) is 0 Å². The quantitative estimate of drug-likeness (QED) is 0.642. The smallest absolute Gasteiger partial charge is 0.314 e. The summed E-state index contributed by atoms with van der Waals surface area (Å²) < 4.78 is 34.9. The molecule has 0 spiro atoms. The van der Waals surface area contributed by atoms with Gasteiger partial charge in [-0.2, -0.15) is 13.2 Å². The zero-order valence-electron chi connectivity index (χ0n) is 7.12. The minimum absolute atomic E-state index is 0.0154.